The van der Waals surface area contributed by atoms with E-state index in [1.165, 1.54) is 15.8 Å². The molecule has 1 aliphatic heterocycles. The highest BCUT2D eigenvalue weighted by atomic mass is 32.1. The zero-order valence-corrected chi connectivity index (χ0v) is 15.7. The first kappa shape index (κ1) is 16.5. The maximum atomic E-state index is 4.78. The third-order valence-electron chi connectivity index (χ3n) is 4.80. The number of anilines is 1. The van der Waals surface area contributed by atoms with Gasteiger partial charge in [0.15, 0.2) is 0 Å². The quantitative estimate of drug-likeness (QED) is 0.713. The first-order valence-electron chi connectivity index (χ1n) is 9.01. The smallest absolute Gasteiger partial charge is 0.141 e. The molecule has 2 aromatic heterocycles. The zero-order valence-electron chi connectivity index (χ0n) is 14.9. The summed E-state index contributed by atoms with van der Waals surface area (Å²) in [5.74, 6) is 2.00. The second kappa shape index (κ2) is 7.10. The molecule has 4 rings (SSSR count). The van der Waals surface area contributed by atoms with E-state index in [2.05, 4.69) is 58.1 Å². The van der Waals surface area contributed by atoms with E-state index in [1.807, 2.05) is 6.92 Å². The minimum atomic E-state index is 0.874. The van der Waals surface area contributed by atoms with Crippen LogP contribution in [0.3, 0.4) is 0 Å². The maximum absolute atomic E-state index is 4.78. The molecular formula is C20H24N4S. The number of aromatic nitrogens is 2. The minimum absolute atomic E-state index is 0.874. The summed E-state index contributed by atoms with van der Waals surface area (Å²) in [4.78, 5) is 16.9. The van der Waals surface area contributed by atoms with Crippen LogP contribution in [0.1, 0.15) is 23.2 Å². The van der Waals surface area contributed by atoms with Crippen molar-refractivity contribution in [2.45, 2.75) is 26.8 Å². The molecule has 0 saturated carbocycles. The molecule has 130 valence electrons. The van der Waals surface area contributed by atoms with Gasteiger partial charge in [-0.25, -0.2) is 9.97 Å². The van der Waals surface area contributed by atoms with Crippen molar-refractivity contribution in [2.75, 3.05) is 31.1 Å². The van der Waals surface area contributed by atoms with Crippen LogP contribution in [-0.4, -0.2) is 41.0 Å². The topological polar surface area (TPSA) is 32.3 Å². The van der Waals surface area contributed by atoms with Crippen LogP contribution in [0.5, 0.6) is 0 Å². The van der Waals surface area contributed by atoms with Crippen molar-refractivity contribution in [2.24, 2.45) is 0 Å². The molecule has 1 saturated heterocycles. The zero-order chi connectivity index (χ0) is 17.2. The van der Waals surface area contributed by atoms with Crippen LogP contribution in [0.15, 0.2) is 36.4 Å². The fourth-order valence-electron chi connectivity index (χ4n) is 3.43. The average Bonchev–Trinajstić information content (AvgIpc) is 3.05. The van der Waals surface area contributed by atoms with Gasteiger partial charge in [0.2, 0.25) is 0 Å². The van der Waals surface area contributed by atoms with E-state index in [1.54, 1.807) is 11.3 Å². The first-order valence-corrected chi connectivity index (χ1v) is 9.83. The second-order valence-corrected chi connectivity index (χ2v) is 7.74. The van der Waals surface area contributed by atoms with Gasteiger partial charge in [0.1, 0.15) is 16.5 Å². The summed E-state index contributed by atoms with van der Waals surface area (Å²) in [6.45, 7) is 9.43. The molecule has 0 aliphatic carbocycles. The molecular weight excluding hydrogens is 328 g/mol. The Hall–Kier alpha value is -1.98. The Morgan fingerprint density at radius 1 is 1.04 bits per heavy atom. The fourth-order valence-corrected chi connectivity index (χ4v) is 4.44. The van der Waals surface area contributed by atoms with E-state index >= 15 is 0 Å². The number of aryl methyl sites for hydroxylation is 2. The molecule has 0 amide bonds. The monoisotopic (exact) mass is 352 g/mol. The highest BCUT2D eigenvalue weighted by Crippen LogP contribution is 2.31. The Morgan fingerprint density at radius 2 is 1.80 bits per heavy atom. The number of rotatable bonds is 4. The Bertz CT molecular complexity index is 851. The molecule has 4 nitrogen and oxygen atoms in total. The summed E-state index contributed by atoms with van der Waals surface area (Å²) in [7, 11) is 0. The average molecular weight is 353 g/mol. The van der Waals surface area contributed by atoms with Gasteiger partial charge in [-0.2, -0.15) is 0 Å². The molecule has 5 heteroatoms. The van der Waals surface area contributed by atoms with E-state index in [0.29, 0.717) is 0 Å². The van der Waals surface area contributed by atoms with Gasteiger partial charge in [-0.15, -0.1) is 11.3 Å². The highest BCUT2D eigenvalue weighted by molar-refractivity contribution is 7.18. The molecule has 1 fully saturated rings. The van der Waals surface area contributed by atoms with Crippen LogP contribution < -0.4 is 4.90 Å². The van der Waals surface area contributed by atoms with Gasteiger partial charge in [-0.1, -0.05) is 37.3 Å². The maximum Gasteiger partial charge on any atom is 0.141 e. The van der Waals surface area contributed by atoms with Crippen LogP contribution in [0, 0.1) is 6.92 Å². The molecule has 3 aromatic rings. The van der Waals surface area contributed by atoms with Crippen LogP contribution in [-0.2, 0) is 13.0 Å². The number of benzene rings is 1. The number of hydrogen-bond acceptors (Lipinski definition) is 5. The number of fused-ring (bicyclic) bond motifs is 1. The lowest BCUT2D eigenvalue weighted by atomic mass is 10.2. The second-order valence-electron chi connectivity index (χ2n) is 6.63. The van der Waals surface area contributed by atoms with Crippen molar-refractivity contribution in [1.82, 2.24) is 14.9 Å². The first-order chi connectivity index (χ1) is 12.2. The number of nitrogens with zero attached hydrogens (tertiary/aromatic N) is 4. The van der Waals surface area contributed by atoms with E-state index < -0.39 is 0 Å². The van der Waals surface area contributed by atoms with Crippen molar-refractivity contribution in [3.63, 3.8) is 0 Å². The van der Waals surface area contributed by atoms with Gasteiger partial charge in [-0.05, 0) is 25.0 Å². The highest BCUT2D eigenvalue weighted by Gasteiger charge is 2.21. The van der Waals surface area contributed by atoms with Gasteiger partial charge in [0.05, 0.1) is 5.39 Å². The lowest BCUT2D eigenvalue weighted by Gasteiger charge is -2.35. The van der Waals surface area contributed by atoms with Crippen LogP contribution >= 0.6 is 11.3 Å². The molecule has 0 bridgehead atoms. The van der Waals surface area contributed by atoms with Crippen molar-refractivity contribution >= 4 is 27.4 Å². The van der Waals surface area contributed by atoms with Gasteiger partial charge in [0.25, 0.3) is 0 Å². The van der Waals surface area contributed by atoms with Gasteiger partial charge < -0.3 is 4.90 Å². The molecule has 25 heavy (non-hydrogen) atoms. The van der Waals surface area contributed by atoms with Crippen molar-refractivity contribution < 1.29 is 0 Å². The summed E-state index contributed by atoms with van der Waals surface area (Å²) >= 11 is 1.80. The standard InChI is InChI=1S/C20H24N4S/c1-3-17-13-18-19(21-15(2)22-20(18)25-17)24-11-9-23(10-12-24)14-16-7-5-4-6-8-16/h4-8,13H,3,9-12,14H2,1-2H3. The molecule has 0 unspecified atom stereocenters. The van der Waals surface area contributed by atoms with Gasteiger partial charge in [0, 0.05) is 37.6 Å². The Kier molecular flexibility index (Phi) is 4.68. The van der Waals surface area contributed by atoms with E-state index in [0.717, 1.165) is 55.6 Å². The Balaban J connectivity index is 1.50. The Labute approximate surface area is 153 Å². The predicted octanol–water partition coefficient (Wildman–Crippen LogP) is 3.88. The predicted molar refractivity (Wildman–Crippen MR) is 105 cm³/mol. The van der Waals surface area contributed by atoms with Crippen LogP contribution in [0.4, 0.5) is 5.82 Å². The molecule has 1 aliphatic rings. The van der Waals surface area contributed by atoms with Gasteiger partial charge >= 0.3 is 0 Å². The minimum Gasteiger partial charge on any atom is -0.353 e. The summed E-state index contributed by atoms with van der Waals surface area (Å²) in [5.41, 5.74) is 1.39. The molecule has 0 atom stereocenters. The van der Waals surface area contributed by atoms with Crippen molar-refractivity contribution in [3.05, 3.63) is 52.7 Å². The van der Waals surface area contributed by atoms with Crippen molar-refractivity contribution in [1.29, 1.82) is 0 Å². The van der Waals surface area contributed by atoms with Crippen LogP contribution in [0.25, 0.3) is 10.2 Å². The number of piperazine rings is 1. The summed E-state index contributed by atoms with van der Waals surface area (Å²) in [6.07, 6.45) is 1.06. The van der Waals surface area contributed by atoms with Crippen molar-refractivity contribution in [3.8, 4) is 0 Å². The number of hydrogen-bond donors (Lipinski definition) is 0. The fraction of sp³-hybridized carbons (Fsp3) is 0.400. The van der Waals surface area contributed by atoms with Gasteiger partial charge in [-0.3, -0.25) is 4.90 Å². The van der Waals surface area contributed by atoms with E-state index in [9.17, 15) is 0 Å². The SMILES string of the molecule is CCc1cc2c(N3CCN(Cc4ccccc4)CC3)nc(C)nc2s1. The van der Waals surface area contributed by atoms with Crippen LogP contribution in [0.2, 0.25) is 0 Å². The molecule has 0 N–H and O–H groups in total. The van der Waals surface area contributed by atoms with E-state index in [4.69, 9.17) is 4.98 Å². The lowest BCUT2D eigenvalue weighted by molar-refractivity contribution is 0.249. The summed E-state index contributed by atoms with van der Waals surface area (Å²) in [6, 6.07) is 13.0. The lowest BCUT2D eigenvalue weighted by Crippen LogP contribution is -2.46. The normalized spacial score (nSPS) is 15.8. The Morgan fingerprint density at radius 3 is 2.52 bits per heavy atom. The summed E-state index contributed by atoms with van der Waals surface area (Å²) in [5, 5.41) is 1.23. The molecule has 1 aromatic carbocycles. The molecule has 0 spiro atoms. The molecule has 0 radical (unpaired) electrons. The van der Waals surface area contributed by atoms with E-state index in [-0.39, 0.29) is 0 Å². The molecule has 3 heterocycles. The third-order valence-corrected chi connectivity index (χ3v) is 5.98. The third kappa shape index (κ3) is 3.53. The largest absolute Gasteiger partial charge is 0.353 e. The number of thiophene rings is 1. The summed E-state index contributed by atoms with van der Waals surface area (Å²) < 4.78 is 0.